The molecule has 25 heavy (non-hydrogen) atoms. The summed E-state index contributed by atoms with van der Waals surface area (Å²) in [6.45, 7) is 0. The third-order valence-electron chi connectivity index (χ3n) is 3.76. The molecule has 7 nitrogen and oxygen atoms in total. The summed E-state index contributed by atoms with van der Waals surface area (Å²) in [5, 5.41) is 20.1. The van der Waals surface area contributed by atoms with Gasteiger partial charge in [-0.1, -0.05) is 0 Å². The molecule has 0 unspecified atom stereocenters. The molecule has 0 aliphatic rings. The second-order valence-corrected chi connectivity index (χ2v) is 5.23. The largest absolute Gasteiger partial charge is 0.504 e. The van der Waals surface area contributed by atoms with E-state index in [4.69, 9.17) is 18.6 Å². The Kier molecular flexibility index (Phi) is 4.14. The molecule has 1 heterocycles. The van der Waals surface area contributed by atoms with E-state index in [1.165, 1.54) is 39.5 Å². The molecular formula is C18H16O7. The highest BCUT2D eigenvalue weighted by atomic mass is 16.5. The van der Waals surface area contributed by atoms with Crippen LogP contribution in [0.4, 0.5) is 0 Å². The summed E-state index contributed by atoms with van der Waals surface area (Å²) in [5.74, 6) is 0.350. The average Bonchev–Trinajstić information content (AvgIpc) is 2.60. The molecule has 0 bridgehead atoms. The van der Waals surface area contributed by atoms with Gasteiger partial charge in [-0.05, 0) is 12.1 Å². The molecule has 0 fully saturated rings. The van der Waals surface area contributed by atoms with Gasteiger partial charge >= 0.3 is 0 Å². The fourth-order valence-electron chi connectivity index (χ4n) is 2.60. The number of benzene rings is 2. The van der Waals surface area contributed by atoms with E-state index in [1.807, 2.05) is 0 Å². The van der Waals surface area contributed by atoms with Gasteiger partial charge in [-0.15, -0.1) is 0 Å². The van der Waals surface area contributed by atoms with Crippen LogP contribution >= 0.6 is 0 Å². The van der Waals surface area contributed by atoms with Crippen molar-refractivity contribution >= 4 is 11.0 Å². The maximum atomic E-state index is 12.5. The molecule has 3 aromatic rings. The van der Waals surface area contributed by atoms with Gasteiger partial charge in [0.2, 0.25) is 5.75 Å². The maximum absolute atomic E-state index is 12.5. The van der Waals surface area contributed by atoms with Crippen LogP contribution in [0, 0.1) is 0 Å². The fraction of sp³-hybridized carbons (Fsp3) is 0.167. The van der Waals surface area contributed by atoms with E-state index in [1.54, 1.807) is 12.1 Å². The van der Waals surface area contributed by atoms with Gasteiger partial charge in [0.15, 0.2) is 16.9 Å². The highest BCUT2D eigenvalue weighted by Crippen LogP contribution is 2.40. The molecule has 2 N–H and O–H groups in total. The minimum absolute atomic E-state index is 0.0600. The predicted octanol–water partition coefficient (Wildman–Crippen LogP) is 2.90. The molecule has 0 atom stereocenters. The first-order chi connectivity index (χ1) is 12.0. The number of rotatable bonds is 4. The molecule has 0 aliphatic carbocycles. The van der Waals surface area contributed by atoms with Gasteiger partial charge in [0.1, 0.15) is 28.2 Å². The Hall–Kier alpha value is -3.35. The van der Waals surface area contributed by atoms with Crippen molar-refractivity contribution in [2.75, 3.05) is 21.3 Å². The van der Waals surface area contributed by atoms with Crippen molar-refractivity contribution in [2.24, 2.45) is 0 Å². The van der Waals surface area contributed by atoms with Gasteiger partial charge in [0.25, 0.3) is 0 Å². The zero-order valence-electron chi connectivity index (χ0n) is 13.8. The number of methoxy groups -OCH3 is 3. The molecule has 3 rings (SSSR count). The van der Waals surface area contributed by atoms with Crippen molar-refractivity contribution in [1.82, 2.24) is 0 Å². The Labute approximate surface area is 142 Å². The van der Waals surface area contributed by atoms with Gasteiger partial charge in [-0.3, -0.25) is 4.79 Å². The summed E-state index contributed by atoms with van der Waals surface area (Å²) in [4.78, 5) is 12.5. The van der Waals surface area contributed by atoms with Crippen LogP contribution in [0.2, 0.25) is 0 Å². The van der Waals surface area contributed by atoms with Crippen molar-refractivity contribution in [3.8, 4) is 40.1 Å². The third-order valence-corrected chi connectivity index (χ3v) is 3.76. The van der Waals surface area contributed by atoms with Crippen LogP contribution in [0.25, 0.3) is 22.3 Å². The topological polar surface area (TPSA) is 98.4 Å². The second-order valence-electron chi connectivity index (χ2n) is 5.23. The Morgan fingerprint density at radius 3 is 2.12 bits per heavy atom. The first-order valence-electron chi connectivity index (χ1n) is 7.28. The third kappa shape index (κ3) is 2.80. The van der Waals surface area contributed by atoms with E-state index in [-0.39, 0.29) is 39.4 Å². The summed E-state index contributed by atoms with van der Waals surface area (Å²) in [5.41, 5.74) is 0.246. The maximum Gasteiger partial charge on any atom is 0.202 e. The highest BCUT2D eigenvalue weighted by molar-refractivity contribution is 5.86. The van der Waals surface area contributed by atoms with Crippen LogP contribution in [0.3, 0.4) is 0 Å². The summed E-state index contributed by atoms with van der Waals surface area (Å²) < 4.78 is 21.1. The first kappa shape index (κ1) is 16.5. The molecule has 7 heteroatoms. The number of hydrogen-bond donors (Lipinski definition) is 2. The molecule has 1 aromatic heterocycles. The molecular weight excluding hydrogens is 328 g/mol. The smallest absolute Gasteiger partial charge is 0.202 e. The summed E-state index contributed by atoms with van der Waals surface area (Å²) in [6.07, 6.45) is 0. The molecule has 2 aromatic carbocycles. The van der Waals surface area contributed by atoms with Crippen molar-refractivity contribution < 1.29 is 28.8 Å². The average molecular weight is 344 g/mol. The van der Waals surface area contributed by atoms with E-state index in [2.05, 4.69) is 0 Å². The molecule has 0 radical (unpaired) electrons. The lowest BCUT2D eigenvalue weighted by molar-refractivity contribution is 0.345. The minimum atomic E-state index is -0.328. The summed E-state index contributed by atoms with van der Waals surface area (Å²) in [7, 11) is 4.26. The van der Waals surface area contributed by atoms with E-state index in [9.17, 15) is 15.0 Å². The SMILES string of the molecule is COc1cc(OC)c2c(=O)cc(-c3cc(O)c(OC)c(O)c3)oc2c1. The number of ether oxygens (including phenoxy) is 3. The number of phenolic OH excluding ortho intramolecular Hbond substituents is 2. The minimum Gasteiger partial charge on any atom is -0.504 e. The van der Waals surface area contributed by atoms with E-state index >= 15 is 0 Å². The number of phenols is 2. The molecule has 0 aliphatic heterocycles. The molecule has 0 saturated carbocycles. The Bertz CT molecular complexity index is 981. The van der Waals surface area contributed by atoms with Crippen LogP contribution < -0.4 is 19.6 Å². The van der Waals surface area contributed by atoms with Crippen LogP contribution in [0.1, 0.15) is 0 Å². The summed E-state index contributed by atoms with van der Waals surface area (Å²) in [6, 6.07) is 7.08. The van der Waals surface area contributed by atoms with Crippen molar-refractivity contribution in [3.63, 3.8) is 0 Å². The molecule has 0 spiro atoms. The zero-order chi connectivity index (χ0) is 18.1. The van der Waals surface area contributed by atoms with Crippen LogP contribution in [-0.4, -0.2) is 31.5 Å². The van der Waals surface area contributed by atoms with Crippen LogP contribution in [0.15, 0.2) is 39.5 Å². The van der Waals surface area contributed by atoms with Crippen molar-refractivity contribution in [1.29, 1.82) is 0 Å². The molecule has 130 valence electrons. The highest BCUT2D eigenvalue weighted by Gasteiger charge is 2.16. The Morgan fingerprint density at radius 2 is 1.56 bits per heavy atom. The fourth-order valence-corrected chi connectivity index (χ4v) is 2.60. The van der Waals surface area contributed by atoms with E-state index in [0.29, 0.717) is 17.1 Å². The first-order valence-corrected chi connectivity index (χ1v) is 7.28. The second kappa shape index (κ2) is 6.27. The van der Waals surface area contributed by atoms with Crippen molar-refractivity contribution in [3.05, 3.63) is 40.6 Å². The molecule has 0 saturated heterocycles. The lowest BCUT2D eigenvalue weighted by Gasteiger charge is -2.11. The Balaban J connectivity index is 2.27. The summed E-state index contributed by atoms with van der Waals surface area (Å²) >= 11 is 0. The van der Waals surface area contributed by atoms with Gasteiger partial charge < -0.3 is 28.8 Å². The van der Waals surface area contributed by atoms with Crippen LogP contribution in [0.5, 0.6) is 28.7 Å². The normalized spacial score (nSPS) is 10.7. The van der Waals surface area contributed by atoms with Crippen molar-refractivity contribution in [2.45, 2.75) is 0 Å². The lowest BCUT2D eigenvalue weighted by atomic mass is 10.1. The lowest BCUT2D eigenvalue weighted by Crippen LogP contribution is -2.03. The van der Waals surface area contributed by atoms with E-state index < -0.39 is 0 Å². The predicted molar refractivity (Wildman–Crippen MR) is 90.9 cm³/mol. The number of fused-ring (bicyclic) bond motifs is 1. The number of hydrogen-bond acceptors (Lipinski definition) is 7. The van der Waals surface area contributed by atoms with Gasteiger partial charge in [0, 0.05) is 23.8 Å². The monoisotopic (exact) mass is 344 g/mol. The standard InChI is InChI=1S/C18H16O7/c1-22-10-6-15(23-2)17-11(19)8-14(25-16(17)7-10)9-4-12(20)18(24-3)13(21)5-9/h4-8,20-21H,1-3H3. The van der Waals surface area contributed by atoms with Gasteiger partial charge in [-0.2, -0.15) is 0 Å². The van der Waals surface area contributed by atoms with Crippen LogP contribution in [-0.2, 0) is 0 Å². The Morgan fingerprint density at radius 1 is 0.880 bits per heavy atom. The van der Waals surface area contributed by atoms with Gasteiger partial charge in [-0.25, -0.2) is 0 Å². The number of aromatic hydroxyl groups is 2. The van der Waals surface area contributed by atoms with Gasteiger partial charge in [0.05, 0.1) is 21.3 Å². The molecule has 0 amide bonds. The zero-order valence-corrected chi connectivity index (χ0v) is 13.8. The van der Waals surface area contributed by atoms with E-state index in [0.717, 1.165) is 0 Å². The quantitative estimate of drug-likeness (QED) is 0.751.